The summed E-state index contributed by atoms with van der Waals surface area (Å²) >= 11 is 1.32. The molecule has 4 nitrogen and oxygen atoms in total. The average Bonchev–Trinajstić information content (AvgIpc) is 3.01. The lowest BCUT2D eigenvalue weighted by molar-refractivity contribution is -0.131. The van der Waals surface area contributed by atoms with Crippen molar-refractivity contribution in [3.63, 3.8) is 0 Å². The predicted octanol–water partition coefficient (Wildman–Crippen LogP) is 2.33. The highest BCUT2D eigenvalue weighted by atomic mass is 32.1. The van der Waals surface area contributed by atoms with Crippen LogP contribution in [0.2, 0.25) is 0 Å². The van der Waals surface area contributed by atoms with E-state index in [9.17, 15) is 9.59 Å². The number of carboxylic acid groups (broad SMARTS) is 1. The second kappa shape index (κ2) is 5.35. The molecule has 0 aromatic carbocycles. The second-order valence-electron chi connectivity index (χ2n) is 4.50. The molecule has 5 heteroatoms. The Morgan fingerprint density at radius 2 is 2.22 bits per heavy atom. The van der Waals surface area contributed by atoms with Gasteiger partial charge in [0.2, 0.25) is 0 Å². The number of rotatable bonds is 5. The summed E-state index contributed by atoms with van der Waals surface area (Å²) in [5.41, 5.74) is 0. The summed E-state index contributed by atoms with van der Waals surface area (Å²) in [5, 5.41) is 8.53. The average molecular weight is 265 g/mol. The van der Waals surface area contributed by atoms with Gasteiger partial charge in [-0.05, 0) is 37.0 Å². The normalized spacial score (nSPS) is 14.9. The summed E-state index contributed by atoms with van der Waals surface area (Å²) in [6.07, 6.45) is 5.02. The van der Waals surface area contributed by atoms with Crippen molar-refractivity contribution < 1.29 is 14.7 Å². The van der Waals surface area contributed by atoms with Crippen LogP contribution in [0.1, 0.15) is 27.4 Å². The smallest absolute Gasteiger partial charge is 0.328 e. The second-order valence-corrected chi connectivity index (χ2v) is 5.62. The zero-order valence-electron chi connectivity index (χ0n) is 10.1. The molecule has 1 amide bonds. The van der Waals surface area contributed by atoms with Gasteiger partial charge >= 0.3 is 5.97 Å². The molecule has 1 aliphatic carbocycles. The number of carboxylic acids is 1. The van der Waals surface area contributed by atoms with E-state index in [2.05, 4.69) is 0 Å². The summed E-state index contributed by atoms with van der Waals surface area (Å²) in [5.74, 6) is -0.297. The van der Waals surface area contributed by atoms with Gasteiger partial charge in [-0.3, -0.25) is 4.79 Å². The summed E-state index contributed by atoms with van der Waals surface area (Å²) in [6.45, 7) is 0.816. The van der Waals surface area contributed by atoms with Crippen molar-refractivity contribution in [2.75, 3.05) is 13.6 Å². The molecule has 1 N–H and O–H groups in total. The van der Waals surface area contributed by atoms with Crippen molar-refractivity contribution in [3.8, 4) is 0 Å². The van der Waals surface area contributed by atoms with Gasteiger partial charge in [0.05, 0.1) is 4.88 Å². The number of carbonyl (C=O) groups is 2. The highest BCUT2D eigenvalue weighted by Gasteiger charge is 2.25. The number of aliphatic carboxylic acids is 1. The molecule has 0 bridgehead atoms. The van der Waals surface area contributed by atoms with Crippen LogP contribution in [0.3, 0.4) is 0 Å². The van der Waals surface area contributed by atoms with Crippen LogP contribution in [0, 0.1) is 5.92 Å². The standard InChI is InChI=1S/C13H15NO3S/c1-14(8-9-2-3-9)13(17)11-6-4-10(18-11)5-7-12(15)16/h4-7,9H,2-3,8H2,1H3,(H,15,16). The van der Waals surface area contributed by atoms with E-state index in [1.54, 1.807) is 17.0 Å². The quantitative estimate of drug-likeness (QED) is 0.831. The molecule has 18 heavy (non-hydrogen) atoms. The van der Waals surface area contributed by atoms with Gasteiger partial charge in [0.15, 0.2) is 0 Å². The first kappa shape index (κ1) is 12.8. The molecule has 0 aliphatic heterocycles. The minimum absolute atomic E-state index is 0.0156. The van der Waals surface area contributed by atoms with Crippen LogP contribution in [-0.4, -0.2) is 35.5 Å². The van der Waals surface area contributed by atoms with Gasteiger partial charge < -0.3 is 10.0 Å². The van der Waals surface area contributed by atoms with Crippen molar-refractivity contribution in [3.05, 3.63) is 28.0 Å². The molecule has 0 saturated heterocycles. The van der Waals surface area contributed by atoms with Gasteiger partial charge in [-0.25, -0.2) is 4.79 Å². The molecule has 1 aromatic heterocycles. The Labute approximate surface area is 110 Å². The number of hydrogen-bond acceptors (Lipinski definition) is 3. The molecule has 0 atom stereocenters. The number of carbonyl (C=O) groups excluding carboxylic acids is 1. The SMILES string of the molecule is CN(CC1CC1)C(=O)c1ccc(C=CC(=O)O)s1. The maximum absolute atomic E-state index is 12.1. The summed E-state index contributed by atoms with van der Waals surface area (Å²) in [6, 6.07) is 3.51. The Morgan fingerprint density at radius 3 is 2.83 bits per heavy atom. The minimum atomic E-state index is -0.984. The van der Waals surface area contributed by atoms with Crippen LogP contribution in [0.15, 0.2) is 18.2 Å². The van der Waals surface area contributed by atoms with Crippen LogP contribution in [0.4, 0.5) is 0 Å². The molecular formula is C13H15NO3S. The molecule has 1 heterocycles. The molecule has 1 aliphatic rings. The monoisotopic (exact) mass is 265 g/mol. The third-order valence-corrected chi connectivity index (χ3v) is 3.84. The lowest BCUT2D eigenvalue weighted by Crippen LogP contribution is -2.27. The van der Waals surface area contributed by atoms with Gasteiger partial charge in [-0.2, -0.15) is 0 Å². The molecule has 0 unspecified atom stereocenters. The van der Waals surface area contributed by atoms with E-state index in [0.717, 1.165) is 17.5 Å². The van der Waals surface area contributed by atoms with Crippen LogP contribution < -0.4 is 0 Å². The van der Waals surface area contributed by atoms with E-state index in [1.165, 1.54) is 30.3 Å². The number of hydrogen-bond donors (Lipinski definition) is 1. The van der Waals surface area contributed by atoms with Crippen LogP contribution in [0.25, 0.3) is 6.08 Å². The number of thiophene rings is 1. The van der Waals surface area contributed by atoms with E-state index in [0.29, 0.717) is 10.8 Å². The molecule has 0 radical (unpaired) electrons. The summed E-state index contributed by atoms with van der Waals surface area (Å²) < 4.78 is 0. The van der Waals surface area contributed by atoms with E-state index in [1.807, 2.05) is 7.05 Å². The topological polar surface area (TPSA) is 57.6 Å². The van der Waals surface area contributed by atoms with Gasteiger partial charge in [0, 0.05) is 24.5 Å². The van der Waals surface area contributed by atoms with Crippen molar-refractivity contribution in [2.45, 2.75) is 12.8 Å². The number of nitrogens with zero attached hydrogens (tertiary/aromatic N) is 1. The van der Waals surface area contributed by atoms with Crippen molar-refractivity contribution in [1.29, 1.82) is 0 Å². The zero-order valence-corrected chi connectivity index (χ0v) is 10.9. The first-order chi connectivity index (χ1) is 8.56. The van der Waals surface area contributed by atoms with Crippen LogP contribution in [-0.2, 0) is 4.79 Å². The maximum atomic E-state index is 12.1. The van der Waals surface area contributed by atoms with Crippen molar-refractivity contribution >= 4 is 29.3 Å². The summed E-state index contributed by atoms with van der Waals surface area (Å²) in [7, 11) is 1.81. The third-order valence-electron chi connectivity index (χ3n) is 2.80. The predicted molar refractivity (Wildman–Crippen MR) is 70.7 cm³/mol. The lowest BCUT2D eigenvalue weighted by atomic mass is 10.3. The van der Waals surface area contributed by atoms with E-state index in [4.69, 9.17) is 5.11 Å². The highest BCUT2D eigenvalue weighted by molar-refractivity contribution is 7.14. The Bertz CT molecular complexity index is 488. The first-order valence-corrected chi connectivity index (χ1v) is 6.64. The minimum Gasteiger partial charge on any atom is -0.478 e. The summed E-state index contributed by atoms with van der Waals surface area (Å²) in [4.78, 5) is 25.6. The maximum Gasteiger partial charge on any atom is 0.328 e. The lowest BCUT2D eigenvalue weighted by Gasteiger charge is -2.15. The fraction of sp³-hybridized carbons (Fsp3) is 0.385. The van der Waals surface area contributed by atoms with Crippen LogP contribution in [0.5, 0.6) is 0 Å². The first-order valence-electron chi connectivity index (χ1n) is 5.82. The van der Waals surface area contributed by atoms with Gasteiger partial charge in [-0.1, -0.05) is 0 Å². The van der Waals surface area contributed by atoms with Crippen molar-refractivity contribution in [2.24, 2.45) is 5.92 Å². The molecule has 1 aromatic rings. The fourth-order valence-electron chi connectivity index (χ4n) is 1.67. The molecule has 2 rings (SSSR count). The van der Waals surface area contributed by atoms with E-state index in [-0.39, 0.29) is 5.91 Å². The van der Waals surface area contributed by atoms with Gasteiger partial charge in [-0.15, -0.1) is 11.3 Å². The largest absolute Gasteiger partial charge is 0.478 e. The molecule has 96 valence electrons. The van der Waals surface area contributed by atoms with Gasteiger partial charge in [0.1, 0.15) is 0 Å². The third kappa shape index (κ3) is 3.43. The van der Waals surface area contributed by atoms with Crippen molar-refractivity contribution in [1.82, 2.24) is 4.90 Å². The Balaban J connectivity index is 1.99. The Hall–Kier alpha value is -1.62. The van der Waals surface area contributed by atoms with E-state index >= 15 is 0 Å². The molecule has 0 spiro atoms. The zero-order chi connectivity index (χ0) is 13.1. The van der Waals surface area contributed by atoms with Crippen LogP contribution >= 0.6 is 11.3 Å². The fourth-order valence-corrected chi connectivity index (χ4v) is 2.57. The Kier molecular flexibility index (Phi) is 3.81. The Morgan fingerprint density at radius 1 is 1.50 bits per heavy atom. The van der Waals surface area contributed by atoms with E-state index < -0.39 is 5.97 Å². The number of amides is 1. The molecule has 1 fully saturated rings. The van der Waals surface area contributed by atoms with Gasteiger partial charge in [0.25, 0.3) is 5.91 Å². The molecular weight excluding hydrogens is 250 g/mol. The highest BCUT2D eigenvalue weighted by Crippen LogP contribution is 2.30. The molecule has 1 saturated carbocycles.